The Labute approximate surface area is 118 Å². The van der Waals surface area contributed by atoms with Gasteiger partial charge in [0.1, 0.15) is 0 Å². The Bertz CT molecular complexity index is 550. The zero-order valence-corrected chi connectivity index (χ0v) is 12.3. The van der Waals surface area contributed by atoms with Gasteiger partial charge in [-0.25, -0.2) is 0 Å². The van der Waals surface area contributed by atoms with Gasteiger partial charge in [-0.1, -0.05) is 24.6 Å². The second-order valence-electron chi connectivity index (χ2n) is 4.53. The Balaban J connectivity index is 2.44. The van der Waals surface area contributed by atoms with E-state index in [0.29, 0.717) is 5.02 Å². The highest BCUT2D eigenvalue weighted by Gasteiger charge is 2.21. The molecule has 0 spiro atoms. The first-order chi connectivity index (χ1) is 9.17. The molecule has 0 aliphatic carbocycles. The summed E-state index contributed by atoms with van der Waals surface area (Å²) < 4.78 is 1.95. The number of aromatic nitrogens is 3. The van der Waals surface area contributed by atoms with Gasteiger partial charge in [-0.2, -0.15) is 5.10 Å². The fourth-order valence-electron chi connectivity index (χ4n) is 2.20. The third-order valence-corrected chi connectivity index (χ3v) is 3.33. The van der Waals surface area contributed by atoms with Gasteiger partial charge in [0.25, 0.3) is 0 Å². The van der Waals surface area contributed by atoms with E-state index in [1.165, 1.54) is 0 Å². The molecular formula is C14H19ClN4. The van der Waals surface area contributed by atoms with Crippen LogP contribution in [-0.2, 0) is 6.54 Å². The van der Waals surface area contributed by atoms with Crippen molar-refractivity contribution in [3.05, 3.63) is 46.5 Å². The summed E-state index contributed by atoms with van der Waals surface area (Å²) in [5, 5.41) is 8.30. The van der Waals surface area contributed by atoms with Gasteiger partial charge in [0.15, 0.2) is 0 Å². The van der Waals surface area contributed by atoms with Crippen LogP contribution in [0.1, 0.15) is 36.5 Å². The maximum absolute atomic E-state index is 6.29. The van der Waals surface area contributed by atoms with Crippen molar-refractivity contribution >= 4 is 11.6 Å². The maximum Gasteiger partial charge on any atom is 0.0934 e. The lowest BCUT2D eigenvalue weighted by Crippen LogP contribution is -2.23. The standard InChI is InChI=1S/C14H19ClN4/c1-4-8-19-14(11(15)9-17-19)13(16-3)12-7-5-6-10(2)18-12/h5-7,9,13,16H,4,8H2,1-3H3. The zero-order valence-electron chi connectivity index (χ0n) is 11.5. The lowest BCUT2D eigenvalue weighted by Gasteiger charge is -2.18. The molecule has 2 aromatic heterocycles. The fraction of sp³-hybridized carbons (Fsp3) is 0.429. The van der Waals surface area contributed by atoms with Crippen molar-refractivity contribution in [3.8, 4) is 0 Å². The Morgan fingerprint density at radius 1 is 1.42 bits per heavy atom. The molecule has 0 aromatic carbocycles. The predicted octanol–water partition coefficient (Wildman–Crippen LogP) is 2.96. The van der Waals surface area contributed by atoms with Crippen LogP contribution in [0.25, 0.3) is 0 Å². The van der Waals surface area contributed by atoms with Crippen molar-refractivity contribution in [1.29, 1.82) is 0 Å². The largest absolute Gasteiger partial charge is 0.307 e. The molecule has 0 radical (unpaired) electrons. The minimum atomic E-state index is -0.0403. The molecule has 2 heterocycles. The average Bonchev–Trinajstić information content (AvgIpc) is 2.74. The van der Waals surface area contributed by atoms with Gasteiger partial charge in [-0.05, 0) is 32.5 Å². The second-order valence-corrected chi connectivity index (χ2v) is 4.93. The van der Waals surface area contributed by atoms with Crippen LogP contribution < -0.4 is 5.32 Å². The average molecular weight is 279 g/mol. The van der Waals surface area contributed by atoms with E-state index in [1.807, 2.05) is 36.9 Å². The summed E-state index contributed by atoms with van der Waals surface area (Å²) >= 11 is 6.29. The monoisotopic (exact) mass is 278 g/mol. The quantitative estimate of drug-likeness (QED) is 0.914. The molecular weight excluding hydrogens is 260 g/mol. The predicted molar refractivity (Wildman–Crippen MR) is 77.4 cm³/mol. The highest BCUT2D eigenvalue weighted by Crippen LogP contribution is 2.27. The first-order valence-corrected chi connectivity index (χ1v) is 6.87. The number of aryl methyl sites for hydroxylation is 2. The SMILES string of the molecule is CCCn1ncc(Cl)c1C(NC)c1cccc(C)n1. The molecule has 2 rings (SSSR count). The molecule has 2 aromatic rings. The fourth-order valence-corrected chi connectivity index (χ4v) is 2.45. The molecule has 19 heavy (non-hydrogen) atoms. The van der Waals surface area contributed by atoms with Gasteiger partial charge in [-0.15, -0.1) is 0 Å². The van der Waals surface area contributed by atoms with E-state index < -0.39 is 0 Å². The van der Waals surface area contributed by atoms with Gasteiger partial charge in [0.05, 0.1) is 28.6 Å². The highest BCUT2D eigenvalue weighted by atomic mass is 35.5. The highest BCUT2D eigenvalue weighted by molar-refractivity contribution is 6.31. The number of rotatable bonds is 5. The lowest BCUT2D eigenvalue weighted by molar-refractivity contribution is 0.529. The number of halogens is 1. The van der Waals surface area contributed by atoms with E-state index >= 15 is 0 Å². The van der Waals surface area contributed by atoms with E-state index in [1.54, 1.807) is 6.20 Å². The molecule has 0 saturated carbocycles. The summed E-state index contributed by atoms with van der Waals surface area (Å²) in [7, 11) is 1.91. The van der Waals surface area contributed by atoms with Crippen LogP contribution in [0.3, 0.4) is 0 Å². The van der Waals surface area contributed by atoms with Gasteiger partial charge in [0, 0.05) is 12.2 Å². The van der Waals surface area contributed by atoms with Crippen LogP contribution in [0.2, 0.25) is 5.02 Å². The molecule has 0 fully saturated rings. The van der Waals surface area contributed by atoms with Crippen molar-refractivity contribution in [3.63, 3.8) is 0 Å². The topological polar surface area (TPSA) is 42.7 Å². The molecule has 0 saturated heterocycles. The molecule has 1 N–H and O–H groups in total. The van der Waals surface area contributed by atoms with Gasteiger partial charge >= 0.3 is 0 Å². The van der Waals surface area contributed by atoms with E-state index in [9.17, 15) is 0 Å². The number of hydrogen-bond acceptors (Lipinski definition) is 3. The number of hydrogen-bond donors (Lipinski definition) is 1. The summed E-state index contributed by atoms with van der Waals surface area (Å²) in [4.78, 5) is 4.58. The van der Waals surface area contributed by atoms with Crippen LogP contribution in [-0.4, -0.2) is 21.8 Å². The maximum atomic E-state index is 6.29. The van der Waals surface area contributed by atoms with Gasteiger partial charge < -0.3 is 5.32 Å². The number of nitrogens with zero attached hydrogens (tertiary/aromatic N) is 3. The van der Waals surface area contributed by atoms with Crippen molar-refractivity contribution in [2.75, 3.05) is 7.05 Å². The smallest absolute Gasteiger partial charge is 0.0934 e. The Hall–Kier alpha value is -1.39. The Morgan fingerprint density at radius 3 is 2.84 bits per heavy atom. The summed E-state index contributed by atoms with van der Waals surface area (Å²) in [5.74, 6) is 0. The minimum absolute atomic E-state index is 0.0403. The molecule has 1 unspecified atom stereocenters. The van der Waals surface area contributed by atoms with Crippen molar-refractivity contribution in [1.82, 2.24) is 20.1 Å². The Morgan fingerprint density at radius 2 is 2.21 bits per heavy atom. The molecule has 5 heteroatoms. The van der Waals surface area contributed by atoms with Crippen LogP contribution in [0.4, 0.5) is 0 Å². The first-order valence-electron chi connectivity index (χ1n) is 6.49. The third-order valence-electron chi connectivity index (χ3n) is 3.04. The minimum Gasteiger partial charge on any atom is -0.307 e. The normalized spacial score (nSPS) is 12.6. The molecule has 0 bridgehead atoms. The molecule has 0 aliphatic heterocycles. The molecule has 0 amide bonds. The van der Waals surface area contributed by atoms with Crippen LogP contribution in [0, 0.1) is 6.92 Å². The van der Waals surface area contributed by atoms with Gasteiger partial charge in [-0.3, -0.25) is 9.67 Å². The van der Waals surface area contributed by atoms with E-state index in [4.69, 9.17) is 11.6 Å². The van der Waals surface area contributed by atoms with Crippen LogP contribution >= 0.6 is 11.6 Å². The summed E-state index contributed by atoms with van der Waals surface area (Å²) in [6.07, 6.45) is 2.72. The zero-order chi connectivity index (χ0) is 13.8. The van der Waals surface area contributed by atoms with Crippen molar-refractivity contribution in [2.45, 2.75) is 32.9 Å². The van der Waals surface area contributed by atoms with E-state index in [2.05, 4.69) is 22.3 Å². The first kappa shape index (κ1) is 14.0. The molecule has 0 aliphatic rings. The summed E-state index contributed by atoms with van der Waals surface area (Å²) in [6, 6.07) is 5.97. The van der Waals surface area contributed by atoms with Gasteiger partial charge in [0.2, 0.25) is 0 Å². The molecule has 102 valence electrons. The van der Waals surface area contributed by atoms with Crippen molar-refractivity contribution < 1.29 is 0 Å². The lowest BCUT2D eigenvalue weighted by atomic mass is 10.1. The van der Waals surface area contributed by atoms with Crippen LogP contribution in [0.15, 0.2) is 24.4 Å². The molecule has 1 atom stereocenters. The third kappa shape index (κ3) is 2.96. The van der Waals surface area contributed by atoms with Crippen molar-refractivity contribution in [2.24, 2.45) is 0 Å². The number of pyridine rings is 1. The molecule has 4 nitrogen and oxygen atoms in total. The van der Waals surface area contributed by atoms with Crippen LogP contribution in [0.5, 0.6) is 0 Å². The van der Waals surface area contributed by atoms with E-state index in [-0.39, 0.29) is 6.04 Å². The summed E-state index contributed by atoms with van der Waals surface area (Å²) in [6.45, 7) is 4.96. The Kier molecular flexibility index (Phi) is 4.56. The summed E-state index contributed by atoms with van der Waals surface area (Å²) in [5.41, 5.74) is 2.93. The van der Waals surface area contributed by atoms with E-state index in [0.717, 1.165) is 30.0 Å². The second kappa shape index (κ2) is 6.17. The number of nitrogens with one attached hydrogen (secondary N) is 1.